The van der Waals surface area contributed by atoms with E-state index in [-0.39, 0.29) is 0 Å². The summed E-state index contributed by atoms with van der Waals surface area (Å²) in [7, 11) is 0. The van der Waals surface area contributed by atoms with Crippen LogP contribution in [0.3, 0.4) is 0 Å². The molecule has 0 saturated heterocycles. The van der Waals surface area contributed by atoms with Crippen LogP contribution in [-0.4, -0.2) is 29.1 Å². The summed E-state index contributed by atoms with van der Waals surface area (Å²) >= 11 is 0. The lowest BCUT2D eigenvalue weighted by atomic mass is 10.0. The predicted molar refractivity (Wildman–Crippen MR) is 127 cm³/mol. The third-order valence-corrected chi connectivity index (χ3v) is 6.17. The Morgan fingerprint density at radius 3 is 1.28 bits per heavy atom. The first kappa shape index (κ1) is 28.0. The molecule has 0 aliphatic heterocycles. The van der Waals surface area contributed by atoms with Crippen molar-refractivity contribution in [2.45, 2.75) is 137 Å². The second-order valence-electron chi connectivity index (χ2n) is 8.60. The molecule has 0 rings (SSSR count). The Balaban J connectivity index is 3.62. The van der Waals surface area contributed by atoms with E-state index < -0.39 is 5.97 Å². The molecule has 3 nitrogen and oxygen atoms in total. The van der Waals surface area contributed by atoms with Crippen LogP contribution in [-0.2, 0) is 4.79 Å². The largest absolute Gasteiger partial charge is 0.478 e. The molecule has 1 N–H and O–H groups in total. The Morgan fingerprint density at radius 1 is 0.621 bits per heavy atom. The first-order chi connectivity index (χ1) is 14.1. The standard InChI is InChI=1S/C26H51NO2/c1-5-8-9-10-11-12-13-14-15-16-17-18-19-20-21-22-23-25(24(4)26(28)29)27(6-2)7-3/h5-23H2,1-4H3,(H,28,29). The maximum absolute atomic E-state index is 11.4. The summed E-state index contributed by atoms with van der Waals surface area (Å²) in [4.78, 5) is 13.6. The number of rotatable bonds is 21. The summed E-state index contributed by atoms with van der Waals surface area (Å²) in [6.07, 6.45) is 22.8. The Hall–Kier alpha value is -0.990. The molecule has 0 spiro atoms. The molecule has 172 valence electrons. The topological polar surface area (TPSA) is 40.5 Å². The molecule has 0 aromatic rings. The van der Waals surface area contributed by atoms with Gasteiger partial charge in [0.15, 0.2) is 0 Å². The molecule has 0 aliphatic rings. The molecule has 0 saturated carbocycles. The Morgan fingerprint density at radius 2 is 0.966 bits per heavy atom. The highest BCUT2D eigenvalue weighted by molar-refractivity contribution is 5.86. The maximum atomic E-state index is 11.4. The number of aliphatic carboxylic acids is 1. The second kappa shape index (κ2) is 20.3. The molecule has 0 aromatic heterocycles. The van der Waals surface area contributed by atoms with Crippen LogP contribution in [0.4, 0.5) is 0 Å². The smallest absolute Gasteiger partial charge is 0.333 e. The summed E-state index contributed by atoms with van der Waals surface area (Å²) < 4.78 is 0. The minimum absolute atomic E-state index is 0.523. The molecule has 0 heterocycles. The molecular weight excluding hydrogens is 358 g/mol. The summed E-state index contributed by atoms with van der Waals surface area (Å²) in [6.45, 7) is 10.0. The summed E-state index contributed by atoms with van der Waals surface area (Å²) in [5.41, 5.74) is 1.56. The predicted octanol–water partition coefficient (Wildman–Crippen LogP) is 8.34. The van der Waals surface area contributed by atoms with Gasteiger partial charge in [-0.2, -0.15) is 0 Å². The highest BCUT2D eigenvalue weighted by Gasteiger charge is 2.14. The fourth-order valence-electron chi connectivity index (χ4n) is 4.15. The molecule has 0 atom stereocenters. The lowest BCUT2D eigenvalue weighted by Gasteiger charge is -2.26. The van der Waals surface area contributed by atoms with E-state index in [4.69, 9.17) is 0 Å². The van der Waals surface area contributed by atoms with E-state index in [1.54, 1.807) is 6.92 Å². The van der Waals surface area contributed by atoms with Crippen LogP contribution < -0.4 is 0 Å². The van der Waals surface area contributed by atoms with Crippen molar-refractivity contribution in [3.05, 3.63) is 11.3 Å². The van der Waals surface area contributed by atoms with Gasteiger partial charge in [-0.15, -0.1) is 0 Å². The fourth-order valence-corrected chi connectivity index (χ4v) is 4.15. The number of hydrogen-bond acceptors (Lipinski definition) is 2. The zero-order chi connectivity index (χ0) is 21.7. The number of carbonyl (C=O) groups is 1. The lowest BCUT2D eigenvalue weighted by molar-refractivity contribution is -0.132. The van der Waals surface area contributed by atoms with Gasteiger partial charge in [-0.3, -0.25) is 0 Å². The summed E-state index contributed by atoms with van der Waals surface area (Å²) in [5.74, 6) is -0.775. The van der Waals surface area contributed by atoms with E-state index in [1.165, 1.54) is 96.3 Å². The quantitative estimate of drug-likeness (QED) is 0.153. The van der Waals surface area contributed by atoms with Crippen LogP contribution in [0.5, 0.6) is 0 Å². The second-order valence-corrected chi connectivity index (χ2v) is 8.60. The molecule has 3 heteroatoms. The molecule has 0 radical (unpaired) electrons. The summed E-state index contributed by atoms with van der Waals surface area (Å²) in [6, 6.07) is 0. The molecule has 0 aliphatic carbocycles. The Labute approximate surface area is 182 Å². The van der Waals surface area contributed by atoms with Gasteiger partial charge in [0.2, 0.25) is 0 Å². The number of nitrogens with zero attached hydrogens (tertiary/aromatic N) is 1. The fraction of sp³-hybridized carbons (Fsp3) is 0.885. The van der Waals surface area contributed by atoms with E-state index >= 15 is 0 Å². The van der Waals surface area contributed by atoms with Crippen LogP contribution >= 0.6 is 0 Å². The highest BCUT2D eigenvalue weighted by Crippen LogP contribution is 2.20. The van der Waals surface area contributed by atoms with Crippen molar-refractivity contribution in [1.82, 2.24) is 4.90 Å². The number of unbranched alkanes of at least 4 members (excludes halogenated alkanes) is 15. The van der Waals surface area contributed by atoms with Crippen molar-refractivity contribution in [1.29, 1.82) is 0 Å². The lowest BCUT2D eigenvalue weighted by Crippen LogP contribution is -2.25. The Bertz CT molecular complexity index is 413. The zero-order valence-electron chi connectivity index (χ0n) is 20.2. The number of carboxylic acid groups (broad SMARTS) is 1. The number of hydrogen-bond donors (Lipinski definition) is 1. The monoisotopic (exact) mass is 409 g/mol. The molecule has 0 unspecified atom stereocenters. The van der Waals surface area contributed by atoms with Gasteiger partial charge in [0.1, 0.15) is 0 Å². The third kappa shape index (κ3) is 15.5. The Kier molecular flexibility index (Phi) is 19.6. The average Bonchev–Trinajstić information content (AvgIpc) is 2.72. The highest BCUT2D eigenvalue weighted by atomic mass is 16.4. The zero-order valence-corrected chi connectivity index (χ0v) is 20.2. The number of carboxylic acids is 1. The van der Waals surface area contributed by atoms with Gasteiger partial charge in [0.25, 0.3) is 0 Å². The molecule has 0 fully saturated rings. The van der Waals surface area contributed by atoms with Crippen LogP contribution in [0, 0.1) is 0 Å². The van der Waals surface area contributed by atoms with Crippen LogP contribution in [0.25, 0.3) is 0 Å². The number of allylic oxidation sites excluding steroid dienone is 1. The molecule has 0 aromatic carbocycles. The van der Waals surface area contributed by atoms with Crippen LogP contribution in [0.15, 0.2) is 11.3 Å². The van der Waals surface area contributed by atoms with Crippen molar-refractivity contribution >= 4 is 5.97 Å². The minimum Gasteiger partial charge on any atom is -0.478 e. The summed E-state index contributed by atoms with van der Waals surface area (Å²) in [5, 5.41) is 9.34. The first-order valence-electron chi connectivity index (χ1n) is 12.8. The molecule has 0 bridgehead atoms. The van der Waals surface area contributed by atoms with Crippen molar-refractivity contribution in [2.75, 3.05) is 13.1 Å². The van der Waals surface area contributed by atoms with Gasteiger partial charge < -0.3 is 10.0 Å². The third-order valence-electron chi connectivity index (χ3n) is 6.17. The van der Waals surface area contributed by atoms with Gasteiger partial charge >= 0.3 is 5.97 Å². The van der Waals surface area contributed by atoms with Gasteiger partial charge in [0.05, 0.1) is 5.57 Å². The molecular formula is C26H51NO2. The van der Waals surface area contributed by atoms with E-state index in [9.17, 15) is 9.90 Å². The SMILES string of the molecule is CCCCCCCCCCCCCCCCCCC(=C(C)C(=O)O)N(CC)CC. The van der Waals surface area contributed by atoms with Crippen molar-refractivity contribution in [3.8, 4) is 0 Å². The van der Waals surface area contributed by atoms with Gasteiger partial charge in [0, 0.05) is 18.8 Å². The van der Waals surface area contributed by atoms with E-state index in [0.717, 1.165) is 31.6 Å². The molecule has 0 amide bonds. The van der Waals surface area contributed by atoms with Crippen LogP contribution in [0.1, 0.15) is 137 Å². The van der Waals surface area contributed by atoms with E-state index in [0.29, 0.717) is 5.57 Å². The van der Waals surface area contributed by atoms with Crippen LogP contribution in [0.2, 0.25) is 0 Å². The van der Waals surface area contributed by atoms with Gasteiger partial charge in [-0.05, 0) is 33.6 Å². The first-order valence-corrected chi connectivity index (χ1v) is 12.8. The van der Waals surface area contributed by atoms with Crippen molar-refractivity contribution < 1.29 is 9.90 Å². The van der Waals surface area contributed by atoms with Crippen molar-refractivity contribution in [2.24, 2.45) is 0 Å². The minimum atomic E-state index is -0.775. The average molecular weight is 410 g/mol. The van der Waals surface area contributed by atoms with Crippen molar-refractivity contribution in [3.63, 3.8) is 0 Å². The maximum Gasteiger partial charge on any atom is 0.333 e. The van der Waals surface area contributed by atoms with E-state index in [2.05, 4.69) is 25.7 Å². The normalized spacial score (nSPS) is 12.1. The van der Waals surface area contributed by atoms with Gasteiger partial charge in [-0.1, -0.05) is 103 Å². The molecule has 29 heavy (non-hydrogen) atoms. The van der Waals surface area contributed by atoms with E-state index in [1.807, 2.05) is 0 Å². The van der Waals surface area contributed by atoms with Gasteiger partial charge in [-0.25, -0.2) is 4.79 Å².